The number of benzene rings is 2. The van der Waals surface area contributed by atoms with E-state index < -0.39 is 207 Å². The van der Waals surface area contributed by atoms with Gasteiger partial charge in [0, 0.05) is 44.0 Å². The number of hydrogen-bond acceptors (Lipinski definition) is 24. The second-order valence-corrected chi connectivity index (χ2v) is 25.4. The highest BCUT2D eigenvalue weighted by Crippen LogP contribution is 2.15. The highest BCUT2D eigenvalue weighted by molar-refractivity contribution is 7.80. The summed E-state index contributed by atoms with van der Waals surface area (Å²) in [7, 11) is 0. The molecule has 0 aliphatic rings. The Labute approximate surface area is 645 Å². The number of carboxylic acid groups (broad SMARTS) is 1. The maximum absolute atomic E-state index is 15.0. The van der Waals surface area contributed by atoms with Crippen molar-refractivity contribution in [2.75, 3.05) is 70.5 Å². The van der Waals surface area contributed by atoms with Gasteiger partial charge in [-0.15, -0.1) is 0 Å². The number of aliphatic hydroxyl groups is 2. The smallest absolute Gasteiger partial charge is 0.305 e. The zero-order chi connectivity index (χ0) is 82.4. The number of aldehydes is 1. The first-order valence-corrected chi connectivity index (χ1v) is 35.9. The molecule has 0 fully saturated rings. The first-order valence-electron chi connectivity index (χ1n) is 34.7. The summed E-state index contributed by atoms with van der Waals surface area (Å²) in [5, 5.41) is 55.1. The fraction of sp³-hybridized carbons (Fsp3) is 0.522. The molecule has 0 aliphatic heterocycles. The zero-order valence-electron chi connectivity index (χ0n) is 60.9. The standard InChI is InChI=1S/C67H103N23O18S2/c1-3-37(2)55(63(107)88-49(36-110)62(106)85-46(27-39-16-8-5-9-17-39)64(108)90(40(32-91)18-10-22-76-65(70)71)25-13-21-50(94)42(81-51(95)29-68)19-11-23-77-66(72)73)89-58(102)43(20-12-24-78-67(74)75)83-59(103)45(28-54(98)99)82-53(97)31-79-52(96)30-80-57(101)44(26-38-14-6-4-7-15-38)84-61(105)48(35-109)87-60(104)47(34-93)86-56(100)41(69)33-92/h4-9,14-17,32,37,40-49,55,92-93,109-110H,3,10-12,18-20,22-31,33-36,68-69H2,1-2H3,(H,79,96)(H,80,101)(H,81,95)(H,82,97)(H,83,103)(H,84,105)(H,85,106)(H,86,100)(H,87,104)(H,88,107)(H,89,102)(H,98,99)(H4,70,71,76)(H4,72,73,77)(H4,74,75,78)/t37-,40-,41-,42-,43-,44-,45-,46-,47-,48-,49-,55-/m0/s1. The Kier molecular flexibility index (Phi) is 44.8. The van der Waals surface area contributed by atoms with E-state index in [1.54, 1.807) is 74.5 Å². The molecule has 0 unspecified atom stereocenters. The predicted octanol–water partition coefficient (Wildman–Crippen LogP) is -10.2. The monoisotopic (exact) mass is 1580 g/mol. The molecule has 12 atom stereocenters. The predicted molar refractivity (Wildman–Crippen MR) is 408 cm³/mol. The minimum Gasteiger partial charge on any atom is -0.481 e. The van der Waals surface area contributed by atoms with Gasteiger partial charge in [0.2, 0.25) is 76.7 Å². The van der Waals surface area contributed by atoms with Gasteiger partial charge in [-0.05, 0) is 61.5 Å². The summed E-state index contributed by atoms with van der Waals surface area (Å²) in [6, 6.07) is -0.130. The average molecular weight is 1580 g/mol. The first kappa shape index (κ1) is 94.9. The lowest BCUT2D eigenvalue weighted by atomic mass is 9.97. The summed E-state index contributed by atoms with van der Waals surface area (Å²) in [5.41, 5.74) is 44.9. The van der Waals surface area contributed by atoms with Crippen LogP contribution in [0.2, 0.25) is 0 Å². The Morgan fingerprint density at radius 3 is 1.45 bits per heavy atom. The van der Waals surface area contributed by atoms with Gasteiger partial charge in [-0.2, -0.15) is 25.3 Å². The van der Waals surface area contributed by atoms with Gasteiger partial charge in [0.25, 0.3) is 0 Å². The topological polar surface area (TPSA) is 698 Å². The molecule has 30 N–H and O–H groups in total. The van der Waals surface area contributed by atoms with Gasteiger partial charge in [0.05, 0.1) is 51.9 Å². The molecule has 41 nitrogen and oxygen atoms in total. The summed E-state index contributed by atoms with van der Waals surface area (Å²) in [5.74, 6) is -11.6. The highest BCUT2D eigenvalue weighted by atomic mass is 32.1. The van der Waals surface area contributed by atoms with Crippen molar-refractivity contribution in [2.24, 2.45) is 66.8 Å². The van der Waals surface area contributed by atoms with Crippen molar-refractivity contribution in [1.29, 1.82) is 0 Å². The third-order valence-corrected chi connectivity index (χ3v) is 16.8. The van der Waals surface area contributed by atoms with Crippen molar-refractivity contribution in [1.82, 2.24) is 63.4 Å². The van der Waals surface area contributed by atoms with E-state index in [1.165, 1.54) is 0 Å². The van der Waals surface area contributed by atoms with Gasteiger partial charge >= 0.3 is 5.97 Å². The SMILES string of the molecule is CC[C@H](C)[C@H](NC(=O)[C@H](CCCN=C(N)N)NC(=O)[C@H](CC(=O)O)NC(=O)CNC(=O)CNC(=O)[C@H](Cc1ccccc1)NC(=O)[C@H](CS)NC(=O)[C@H](CO)NC(=O)[C@@H](N)CO)C(=O)N[C@@H](CS)C(=O)N[C@@H](Cc1ccccc1)C(=O)N(CC#CC(=O)[C@H](CCCN=C(N)N)NC(=O)CN)[C@H](C=O)CCCN=C(N)N. The van der Waals surface area contributed by atoms with Gasteiger partial charge < -0.3 is 129 Å². The molecule has 0 aliphatic carbocycles. The third kappa shape index (κ3) is 36.6. The highest BCUT2D eigenvalue weighted by Gasteiger charge is 2.37. The molecule has 0 aromatic heterocycles. The molecule has 0 spiro atoms. The number of thiol groups is 2. The lowest BCUT2D eigenvalue weighted by Crippen LogP contribution is -2.61. The first-order chi connectivity index (χ1) is 52.2. The molecule has 2 aromatic carbocycles. The molecule has 606 valence electrons. The van der Waals surface area contributed by atoms with Crippen LogP contribution in [-0.4, -0.2) is 264 Å². The number of rotatable bonds is 51. The Hall–Kier alpha value is -11.2. The van der Waals surface area contributed by atoms with E-state index in [0.29, 0.717) is 17.4 Å². The number of aliphatic imine (C=N–C) groups is 3. The molecule has 0 saturated carbocycles. The summed E-state index contributed by atoms with van der Waals surface area (Å²) in [4.78, 5) is 215. The number of carboxylic acids is 1. The van der Waals surface area contributed by atoms with Crippen molar-refractivity contribution >= 4 is 132 Å². The van der Waals surface area contributed by atoms with Gasteiger partial charge in [0.15, 0.2) is 17.9 Å². The van der Waals surface area contributed by atoms with E-state index in [9.17, 15) is 82.4 Å². The van der Waals surface area contributed by atoms with Crippen molar-refractivity contribution in [3.63, 3.8) is 0 Å². The van der Waals surface area contributed by atoms with Gasteiger partial charge in [-0.1, -0.05) is 86.9 Å². The number of nitrogens with two attached hydrogens (primary N) is 8. The lowest BCUT2D eigenvalue weighted by molar-refractivity contribution is -0.141. The van der Waals surface area contributed by atoms with Crippen LogP contribution in [-0.2, 0) is 84.8 Å². The van der Waals surface area contributed by atoms with Crippen molar-refractivity contribution in [3.05, 3.63) is 71.8 Å². The van der Waals surface area contributed by atoms with Gasteiger partial charge in [-0.25, -0.2) is 0 Å². The number of Topliss-reactive ketones (excluding diaryl/α,β-unsaturated/α-hetero) is 1. The number of carbonyl (C=O) groups is 15. The van der Waals surface area contributed by atoms with Crippen LogP contribution in [0.1, 0.15) is 76.3 Å². The normalized spacial score (nSPS) is 14.0. The number of hydrogen-bond donors (Lipinski definition) is 24. The number of amides is 12. The van der Waals surface area contributed by atoms with Crippen LogP contribution in [0.15, 0.2) is 75.6 Å². The number of guanidine groups is 3. The molecule has 0 radical (unpaired) electrons. The van der Waals surface area contributed by atoms with Crippen molar-refractivity contribution < 1.29 is 87.2 Å². The van der Waals surface area contributed by atoms with Crippen LogP contribution < -0.4 is 104 Å². The number of carbonyl (C=O) groups excluding carboxylic acids is 14. The maximum Gasteiger partial charge on any atom is 0.305 e. The second-order valence-electron chi connectivity index (χ2n) is 24.7. The Bertz CT molecular complexity index is 3580. The van der Waals surface area contributed by atoms with Crippen LogP contribution in [0.25, 0.3) is 0 Å². The lowest BCUT2D eigenvalue weighted by Gasteiger charge is -2.32. The van der Waals surface area contributed by atoms with E-state index >= 15 is 4.79 Å². The van der Waals surface area contributed by atoms with E-state index in [0.717, 1.165) is 4.90 Å². The molecule has 0 saturated heterocycles. The second kappa shape index (κ2) is 52.0. The minimum atomic E-state index is -1.95. The Morgan fingerprint density at radius 2 is 0.964 bits per heavy atom. The molecule has 0 bridgehead atoms. The van der Waals surface area contributed by atoms with Crippen LogP contribution in [0.5, 0.6) is 0 Å². The van der Waals surface area contributed by atoms with Crippen LogP contribution in [0.3, 0.4) is 0 Å². The number of ketones is 1. The van der Waals surface area contributed by atoms with E-state index in [1.807, 2.05) is 0 Å². The quantitative estimate of drug-likeness (QED) is 0.00556. The summed E-state index contributed by atoms with van der Waals surface area (Å²) in [6.45, 7) is -1.29. The number of aliphatic carboxylic acids is 1. The average Bonchev–Trinajstić information content (AvgIpc) is 0.842. The third-order valence-electron chi connectivity index (χ3n) is 16.1. The van der Waals surface area contributed by atoms with E-state index in [4.69, 9.17) is 45.9 Å². The molecule has 2 aromatic rings. The molecule has 43 heteroatoms. The van der Waals surface area contributed by atoms with Crippen LogP contribution >= 0.6 is 25.3 Å². The van der Waals surface area contributed by atoms with Gasteiger partial charge in [-0.3, -0.25) is 82.1 Å². The summed E-state index contributed by atoms with van der Waals surface area (Å²) in [6.07, 6.45) is -0.806. The van der Waals surface area contributed by atoms with Crippen molar-refractivity contribution in [2.45, 2.75) is 145 Å². The fourth-order valence-electron chi connectivity index (χ4n) is 9.98. The zero-order valence-corrected chi connectivity index (χ0v) is 62.7. The van der Waals surface area contributed by atoms with Crippen LogP contribution in [0, 0.1) is 17.8 Å². The molecule has 0 heterocycles. The van der Waals surface area contributed by atoms with E-state index in [-0.39, 0.29) is 101 Å². The van der Waals surface area contributed by atoms with Crippen LogP contribution in [0.4, 0.5) is 0 Å². The number of nitrogens with one attached hydrogen (secondary N) is 11. The molecule has 110 heavy (non-hydrogen) atoms. The fourth-order valence-corrected chi connectivity index (χ4v) is 10.5. The Balaban J connectivity index is 2.45. The van der Waals surface area contributed by atoms with Crippen molar-refractivity contribution in [3.8, 4) is 11.8 Å². The summed E-state index contributed by atoms with van der Waals surface area (Å²) >= 11 is 8.47. The van der Waals surface area contributed by atoms with E-state index in [2.05, 4.69) is 111 Å². The largest absolute Gasteiger partial charge is 0.481 e. The minimum absolute atomic E-state index is 0.0240. The summed E-state index contributed by atoms with van der Waals surface area (Å²) < 4.78 is 0. The molecule has 12 amide bonds. The van der Waals surface area contributed by atoms with Gasteiger partial charge in [0.1, 0.15) is 66.7 Å². The Morgan fingerprint density at radius 1 is 0.518 bits per heavy atom. The maximum atomic E-state index is 15.0. The molecular formula is C67H103N23O18S2. The molecule has 2 rings (SSSR count). The number of nitrogens with zero attached hydrogens (tertiary/aromatic N) is 4. The number of aliphatic hydroxyl groups excluding tert-OH is 2. The molecular weight excluding hydrogens is 1480 g/mol.